The average Bonchev–Trinajstić information content (AvgIpc) is 2.78. The van der Waals surface area contributed by atoms with Gasteiger partial charge in [0.1, 0.15) is 11.4 Å². The maximum absolute atomic E-state index is 13.9. The third-order valence-electron chi connectivity index (χ3n) is 3.76. The molecule has 110 valence electrons. The Balaban J connectivity index is 2.40. The Kier molecular flexibility index (Phi) is 4.43. The molecule has 1 aromatic carbocycles. The number of hydrogen-bond acceptors (Lipinski definition) is 3. The fourth-order valence-corrected chi connectivity index (χ4v) is 2.76. The first kappa shape index (κ1) is 15.0. The second-order valence-electron chi connectivity index (χ2n) is 5.67. The molecule has 0 fully saturated rings. The minimum atomic E-state index is -0.891. The van der Waals surface area contributed by atoms with E-state index in [-0.39, 0.29) is 11.8 Å². The first-order chi connectivity index (χ1) is 9.51. The van der Waals surface area contributed by atoms with Crippen molar-refractivity contribution in [3.63, 3.8) is 0 Å². The van der Waals surface area contributed by atoms with Gasteiger partial charge in [-0.2, -0.15) is 0 Å². The van der Waals surface area contributed by atoms with Crippen LogP contribution >= 0.6 is 0 Å². The molecule has 0 aliphatic heterocycles. The minimum Gasteiger partial charge on any atom is -0.464 e. The van der Waals surface area contributed by atoms with E-state index in [1.165, 1.54) is 6.07 Å². The molecule has 0 radical (unpaired) electrons. The Morgan fingerprint density at radius 3 is 2.90 bits per heavy atom. The van der Waals surface area contributed by atoms with E-state index in [2.05, 4.69) is 19.2 Å². The first-order valence-corrected chi connectivity index (χ1v) is 7.21. The molecular weight excluding hydrogens is 257 g/mol. The number of carbonyl (C=O) groups excluding carboxylic acids is 1. The zero-order chi connectivity index (χ0) is 14.8. The first-order valence-electron chi connectivity index (χ1n) is 7.21. The summed E-state index contributed by atoms with van der Waals surface area (Å²) in [6.45, 7) is 6.96. The van der Waals surface area contributed by atoms with Crippen molar-refractivity contribution in [1.82, 2.24) is 5.32 Å². The standard InChI is InChI=1S/C16H22FNO2/c1-4-20-15(19)16(18-10-11(2)3)9-8-12-13(16)6-5-7-14(12)17/h5-7,11,18H,4,8-10H2,1-3H3. The van der Waals surface area contributed by atoms with Crippen molar-refractivity contribution >= 4 is 5.97 Å². The molecule has 1 unspecified atom stereocenters. The van der Waals surface area contributed by atoms with Crippen LogP contribution in [0.1, 0.15) is 38.3 Å². The lowest BCUT2D eigenvalue weighted by Crippen LogP contribution is -2.49. The highest BCUT2D eigenvalue weighted by molar-refractivity contribution is 5.84. The molecule has 0 amide bonds. The molecule has 2 rings (SSSR count). The second-order valence-corrected chi connectivity index (χ2v) is 5.67. The lowest BCUT2D eigenvalue weighted by Gasteiger charge is -2.30. The van der Waals surface area contributed by atoms with E-state index in [1.54, 1.807) is 13.0 Å². The van der Waals surface area contributed by atoms with Gasteiger partial charge in [-0.1, -0.05) is 26.0 Å². The van der Waals surface area contributed by atoms with E-state index in [0.29, 0.717) is 37.5 Å². The summed E-state index contributed by atoms with van der Waals surface area (Å²) in [5, 5.41) is 3.32. The van der Waals surface area contributed by atoms with Crippen LogP contribution in [0.15, 0.2) is 18.2 Å². The smallest absolute Gasteiger partial charge is 0.331 e. The van der Waals surface area contributed by atoms with Crippen molar-refractivity contribution in [3.05, 3.63) is 35.1 Å². The van der Waals surface area contributed by atoms with E-state index >= 15 is 0 Å². The van der Waals surface area contributed by atoms with Gasteiger partial charge >= 0.3 is 5.97 Å². The van der Waals surface area contributed by atoms with E-state index in [0.717, 1.165) is 5.56 Å². The van der Waals surface area contributed by atoms with Gasteiger partial charge in [-0.25, -0.2) is 9.18 Å². The Morgan fingerprint density at radius 2 is 2.25 bits per heavy atom. The van der Waals surface area contributed by atoms with Gasteiger partial charge in [-0.05, 0) is 49.4 Å². The predicted octanol–water partition coefficient (Wildman–Crippen LogP) is 2.78. The number of hydrogen-bond donors (Lipinski definition) is 1. The topological polar surface area (TPSA) is 38.3 Å². The average molecular weight is 279 g/mol. The summed E-state index contributed by atoms with van der Waals surface area (Å²) in [5.41, 5.74) is 0.478. The zero-order valence-electron chi connectivity index (χ0n) is 12.3. The molecule has 0 spiro atoms. The molecule has 4 heteroatoms. The summed E-state index contributed by atoms with van der Waals surface area (Å²) in [4.78, 5) is 12.4. The number of ether oxygens (including phenoxy) is 1. The van der Waals surface area contributed by atoms with Gasteiger partial charge in [0.15, 0.2) is 0 Å². The van der Waals surface area contributed by atoms with Crippen LogP contribution in [0.25, 0.3) is 0 Å². The summed E-state index contributed by atoms with van der Waals surface area (Å²) in [7, 11) is 0. The van der Waals surface area contributed by atoms with Crippen LogP contribution in [0, 0.1) is 11.7 Å². The van der Waals surface area contributed by atoms with E-state index < -0.39 is 5.54 Å². The predicted molar refractivity (Wildman–Crippen MR) is 75.9 cm³/mol. The van der Waals surface area contributed by atoms with Crippen LogP contribution in [-0.2, 0) is 21.5 Å². The highest BCUT2D eigenvalue weighted by Crippen LogP contribution is 2.39. The molecule has 1 aromatic rings. The lowest BCUT2D eigenvalue weighted by atomic mass is 9.91. The van der Waals surface area contributed by atoms with Gasteiger partial charge in [0.2, 0.25) is 0 Å². The monoisotopic (exact) mass is 279 g/mol. The van der Waals surface area contributed by atoms with Crippen LogP contribution in [0.4, 0.5) is 4.39 Å². The molecule has 1 aliphatic rings. The molecule has 1 N–H and O–H groups in total. The zero-order valence-corrected chi connectivity index (χ0v) is 12.3. The maximum atomic E-state index is 13.9. The van der Waals surface area contributed by atoms with Gasteiger partial charge in [0, 0.05) is 0 Å². The van der Waals surface area contributed by atoms with Crippen molar-refractivity contribution in [3.8, 4) is 0 Å². The summed E-state index contributed by atoms with van der Waals surface area (Å²) >= 11 is 0. The largest absolute Gasteiger partial charge is 0.464 e. The molecule has 1 aliphatic carbocycles. The number of rotatable bonds is 5. The molecule has 0 heterocycles. The Morgan fingerprint density at radius 1 is 1.50 bits per heavy atom. The molecule has 1 atom stereocenters. The minimum absolute atomic E-state index is 0.236. The molecular formula is C16H22FNO2. The number of carbonyl (C=O) groups is 1. The van der Waals surface area contributed by atoms with Crippen molar-refractivity contribution in [1.29, 1.82) is 0 Å². The number of esters is 1. The van der Waals surface area contributed by atoms with E-state index in [4.69, 9.17) is 4.74 Å². The Hall–Kier alpha value is -1.42. The Labute approximate surface area is 119 Å². The van der Waals surface area contributed by atoms with Crippen molar-refractivity contribution in [2.24, 2.45) is 5.92 Å². The van der Waals surface area contributed by atoms with Gasteiger partial charge in [0.05, 0.1) is 6.61 Å². The van der Waals surface area contributed by atoms with Gasteiger partial charge in [-0.15, -0.1) is 0 Å². The van der Waals surface area contributed by atoms with Crippen LogP contribution in [0.2, 0.25) is 0 Å². The summed E-state index contributed by atoms with van der Waals surface area (Å²) in [6.07, 6.45) is 1.11. The number of fused-ring (bicyclic) bond motifs is 1. The normalized spacial score (nSPS) is 21.1. The second kappa shape index (κ2) is 5.92. The third-order valence-corrected chi connectivity index (χ3v) is 3.76. The van der Waals surface area contributed by atoms with Crippen LogP contribution in [0.5, 0.6) is 0 Å². The fraction of sp³-hybridized carbons (Fsp3) is 0.562. The van der Waals surface area contributed by atoms with E-state index in [1.807, 2.05) is 6.07 Å². The lowest BCUT2D eigenvalue weighted by molar-refractivity contribution is -0.151. The quantitative estimate of drug-likeness (QED) is 0.842. The van der Waals surface area contributed by atoms with Gasteiger partial charge in [0.25, 0.3) is 0 Å². The highest BCUT2D eigenvalue weighted by atomic mass is 19.1. The van der Waals surface area contributed by atoms with Crippen molar-refractivity contribution < 1.29 is 13.9 Å². The molecule has 20 heavy (non-hydrogen) atoms. The molecule has 0 saturated carbocycles. The molecule has 0 saturated heterocycles. The molecule has 0 bridgehead atoms. The maximum Gasteiger partial charge on any atom is 0.331 e. The van der Waals surface area contributed by atoms with Crippen LogP contribution in [-0.4, -0.2) is 19.1 Å². The Bertz CT molecular complexity index is 501. The van der Waals surface area contributed by atoms with Crippen LogP contribution in [0.3, 0.4) is 0 Å². The third kappa shape index (κ3) is 2.57. The molecule has 3 nitrogen and oxygen atoms in total. The summed E-state index contributed by atoms with van der Waals surface area (Å²) in [5.74, 6) is -0.135. The number of nitrogens with one attached hydrogen (secondary N) is 1. The number of halogens is 1. The van der Waals surface area contributed by atoms with Gasteiger partial charge < -0.3 is 4.74 Å². The summed E-state index contributed by atoms with van der Waals surface area (Å²) < 4.78 is 19.1. The van der Waals surface area contributed by atoms with Gasteiger partial charge in [-0.3, -0.25) is 5.32 Å². The number of benzene rings is 1. The SMILES string of the molecule is CCOC(=O)C1(NCC(C)C)CCc2c(F)cccc21. The van der Waals surface area contributed by atoms with E-state index in [9.17, 15) is 9.18 Å². The van der Waals surface area contributed by atoms with Crippen molar-refractivity contribution in [2.45, 2.75) is 39.2 Å². The fourth-order valence-electron chi connectivity index (χ4n) is 2.76. The highest BCUT2D eigenvalue weighted by Gasteiger charge is 2.47. The summed E-state index contributed by atoms with van der Waals surface area (Å²) in [6, 6.07) is 4.93. The van der Waals surface area contributed by atoms with Crippen LogP contribution < -0.4 is 5.32 Å². The van der Waals surface area contributed by atoms with Crippen molar-refractivity contribution in [2.75, 3.05) is 13.2 Å². The molecule has 0 aromatic heterocycles.